The van der Waals surface area contributed by atoms with Gasteiger partial charge >= 0.3 is 5.69 Å². The molecule has 1 aromatic heterocycles. The first-order chi connectivity index (χ1) is 10.9. The number of nitrogens with one attached hydrogen (secondary N) is 1. The number of hydrogen-bond acceptors (Lipinski definition) is 6. The van der Waals surface area contributed by atoms with Gasteiger partial charge < -0.3 is 10.5 Å². The topological polar surface area (TPSA) is 108 Å². The molecule has 8 nitrogen and oxygen atoms in total. The minimum Gasteiger partial charge on any atom is -0.359 e. The largest absolute Gasteiger partial charge is 0.359 e. The smallest absolute Gasteiger partial charge is 0.316 e. The van der Waals surface area contributed by atoms with Crippen molar-refractivity contribution in [3.63, 3.8) is 0 Å². The van der Waals surface area contributed by atoms with Gasteiger partial charge in [0.05, 0.1) is 20.7 Å². The van der Waals surface area contributed by atoms with Gasteiger partial charge in [-0.3, -0.25) is 14.7 Å². The molecule has 2 aromatic carbocycles. The summed E-state index contributed by atoms with van der Waals surface area (Å²) in [5, 5.41) is 29.2. The zero-order valence-corrected chi connectivity index (χ0v) is 13.2. The Bertz CT molecular complexity index is 944. The van der Waals surface area contributed by atoms with E-state index in [0.29, 0.717) is 0 Å². The van der Waals surface area contributed by atoms with Crippen molar-refractivity contribution >= 4 is 62.9 Å². The van der Waals surface area contributed by atoms with Crippen molar-refractivity contribution in [3.05, 3.63) is 54.7 Å². The summed E-state index contributed by atoms with van der Waals surface area (Å²) in [6.45, 7) is 0. The molecule has 0 aliphatic carbocycles. The molecular formula is C12H5Cl3N4O4. The van der Waals surface area contributed by atoms with Crippen LogP contribution in [0.5, 0.6) is 0 Å². The molecule has 3 aromatic rings. The summed E-state index contributed by atoms with van der Waals surface area (Å²) in [6, 6.07) is 5.80. The first kappa shape index (κ1) is 15.6. The molecule has 0 bridgehead atoms. The second-order valence-corrected chi connectivity index (χ2v) is 5.56. The third kappa shape index (κ3) is 2.61. The molecule has 11 heteroatoms. The van der Waals surface area contributed by atoms with Gasteiger partial charge in [-0.25, -0.2) is 0 Å². The van der Waals surface area contributed by atoms with E-state index in [1.807, 2.05) is 0 Å². The van der Waals surface area contributed by atoms with E-state index in [-0.39, 0.29) is 42.4 Å². The van der Waals surface area contributed by atoms with Crippen LogP contribution in [-0.2, 0) is 0 Å². The number of anilines is 2. The first-order valence-electron chi connectivity index (χ1n) is 5.97. The van der Waals surface area contributed by atoms with Crippen LogP contribution in [0, 0.1) is 15.3 Å². The molecule has 0 spiro atoms. The van der Waals surface area contributed by atoms with Crippen LogP contribution in [0.15, 0.2) is 28.9 Å². The maximum Gasteiger partial charge on any atom is 0.316 e. The third-order valence-corrected chi connectivity index (χ3v) is 4.11. The Morgan fingerprint density at radius 3 is 2.70 bits per heavy atom. The van der Waals surface area contributed by atoms with E-state index in [1.54, 1.807) is 18.2 Å². The van der Waals surface area contributed by atoms with E-state index >= 15 is 0 Å². The van der Waals surface area contributed by atoms with Crippen LogP contribution in [0.2, 0.25) is 15.1 Å². The van der Waals surface area contributed by atoms with E-state index < -0.39 is 10.6 Å². The Hall–Kier alpha value is -2.29. The molecule has 0 fully saturated rings. The van der Waals surface area contributed by atoms with E-state index in [1.165, 1.54) is 0 Å². The molecule has 3 rings (SSSR count). The highest BCUT2D eigenvalue weighted by Gasteiger charge is 2.29. The predicted octanol–water partition coefficient (Wildman–Crippen LogP) is 4.07. The molecule has 0 amide bonds. The molecule has 118 valence electrons. The molecule has 0 saturated heterocycles. The number of benzene rings is 2. The van der Waals surface area contributed by atoms with Crippen molar-refractivity contribution < 1.29 is 14.5 Å². The average Bonchev–Trinajstić information content (AvgIpc) is 2.85. The van der Waals surface area contributed by atoms with Crippen LogP contribution in [0.1, 0.15) is 0 Å². The summed E-state index contributed by atoms with van der Waals surface area (Å²) in [7, 11) is 0. The molecular weight excluding hydrogens is 371 g/mol. The summed E-state index contributed by atoms with van der Waals surface area (Å²) < 4.78 is 4.47. The quantitative estimate of drug-likeness (QED) is 0.420. The van der Waals surface area contributed by atoms with Crippen LogP contribution < -0.4 is 10.2 Å². The maximum atomic E-state index is 11.5. The van der Waals surface area contributed by atoms with Gasteiger partial charge in [-0.15, -0.1) is 0 Å². The highest BCUT2D eigenvalue weighted by Crippen LogP contribution is 2.41. The minimum atomic E-state index is -0.702. The van der Waals surface area contributed by atoms with Crippen molar-refractivity contribution in [1.29, 1.82) is 0 Å². The standard InChI is InChI=1S/C12H5Cl3N4O4/c13-5-2-1-3-7(9(5)15)16-11-10-8(19(22)23-17-10)4-6(14)12(11)18(20)21/h1-4,16H. The Morgan fingerprint density at radius 1 is 1.26 bits per heavy atom. The van der Waals surface area contributed by atoms with Gasteiger partial charge in [0.1, 0.15) is 5.02 Å². The molecule has 0 atom stereocenters. The Kier molecular flexibility index (Phi) is 3.88. The van der Waals surface area contributed by atoms with Crippen LogP contribution in [-0.4, -0.2) is 10.1 Å². The van der Waals surface area contributed by atoms with Gasteiger partial charge in [0, 0.05) is 11.2 Å². The van der Waals surface area contributed by atoms with E-state index in [0.717, 1.165) is 6.07 Å². The maximum absolute atomic E-state index is 11.5. The number of nitro benzene ring substituents is 1. The fraction of sp³-hybridized carbons (Fsp3) is 0. The Labute approximate surface area is 142 Å². The fourth-order valence-corrected chi connectivity index (χ4v) is 2.62. The van der Waals surface area contributed by atoms with E-state index in [4.69, 9.17) is 34.8 Å². The third-order valence-electron chi connectivity index (χ3n) is 3.00. The molecule has 0 unspecified atom stereocenters. The zero-order chi connectivity index (χ0) is 16.7. The zero-order valence-electron chi connectivity index (χ0n) is 10.9. The highest BCUT2D eigenvalue weighted by molar-refractivity contribution is 6.43. The lowest BCUT2D eigenvalue weighted by Crippen LogP contribution is -2.22. The van der Waals surface area contributed by atoms with Gasteiger partial charge in [0.2, 0.25) is 5.52 Å². The fourth-order valence-electron chi connectivity index (χ4n) is 2.00. The second kappa shape index (κ2) is 5.73. The lowest BCUT2D eigenvalue weighted by atomic mass is 10.2. The number of aromatic nitrogens is 2. The van der Waals surface area contributed by atoms with Gasteiger partial charge in [-0.1, -0.05) is 40.9 Å². The number of hydrogen-bond donors (Lipinski definition) is 1. The average molecular weight is 376 g/mol. The Balaban J connectivity index is 2.28. The van der Waals surface area contributed by atoms with Gasteiger partial charge in [0.25, 0.3) is 5.52 Å². The number of fused-ring (bicyclic) bond motifs is 1. The van der Waals surface area contributed by atoms with Crippen LogP contribution in [0.3, 0.4) is 0 Å². The summed E-state index contributed by atoms with van der Waals surface area (Å²) >= 11 is 17.9. The summed E-state index contributed by atoms with van der Waals surface area (Å²) in [4.78, 5) is 10.7. The van der Waals surface area contributed by atoms with Crippen molar-refractivity contribution in [3.8, 4) is 0 Å². The van der Waals surface area contributed by atoms with Crippen LogP contribution in [0.4, 0.5) is 17.1 Å². The molecule has 23 heavy (non-hydrogen) atoms. The van der Waals surface area contributed by atoms with Crippen LogP contribution in [0.25, 0.3) is 11.0 Å². The second-order valence-electron chi connectivity index (χ2n) is 4.36. The van der Waals surface area contributed by atoms with Crippen LogP contribution >= 0.6 is 34.8 Å². The minimum absolute atomic E-state index is 0.0628. The number of halogens is 3. The number of rotatable bonds is 3. The summed E-state index contributed by atoms with van der Waals surface area (Å²) in [5.41, 5.74) is -0.441. The lowest BCUT2D eigenvalue weighted by molar-refractivity contribution is -0.782. The number of nitro groups is 1. The predicted molar refractivity (Wildman–Crippen MR) is 84.4 cm³/mol. The van der Waals surface area contributed by atoms with Crippen molar-refractivity contribution in [2.75, 3.05) is 5.32 Å². The van der Waals surface area contributed by atoms with Crippen molar-refractivity contribution in [1.82, 2.24) is 5.16 Å². The van der Waals surface area contributed by atoms with E-state index in [2.05, 4.69) is 15.1 Å². The molecule has 0 aliphatic rings. The normalized spacial score (nSPS) is 10.9. The number of nitrogens with zero attached hydrogens (tertiary/aromatic N) is 3. The molecule has 1 heterocycles. The van der Waals surface area contributed by atoms with Gasteiger partial charge in [-0.05, 0) is 17.0 Å². The van der Waals surface area contributed by atoms with Crippen molar-refractivity contribution in [2.45, 2.75) is 0 Å². The summed E-state index contributed by atoms with van der Waals surface area (Å²) in [5.74, 6) is 0. The molecule has 0 radical (unpaired) electrons. The summed E-state index contributed by atoms with van der Waals surface area (Å²) in [6.07, 6.45) is 0. The molecule has 0 saturated carbocycles. The monoisotopic (exact) mass is 374 g/mol. The van der Waals surface area contributed by atoms with Gasteiger partial charge in [0.15, 0.2) is 5.69 Å². The highest BCUT2D eigenvalue weighted by atomic mass is 35.5. The first-order valence-corrected chi connectivity index (χ1v) is 7.11. The lowest BCUT2D eigenvalue weighted by Gasteiger charge is -2.09. The van der Waals surface area contributed by atoms with Crippen molar-refractivity contribution in [2.24, 2.45) is 0 Å². The SMILES string of the molecule is O=[N+]([O-])c1c(Cl)cc2c(no[n+]2[O-])c1Nc1cccc(Cl)c1Cl. The Morgan fingerprint density at radius 2 is 2.00 bits per heavy atom. The molecule has 1 N–H and O–H groups in total. The van der Waals surface area contributed by atoms with Gasteiger partial charge in [-0.2, -0.15) is 0 Å². The van der Waals surface area contributed by atoms with E-state index in [9.17, 15) is 15.3 Å². The molecule has 0 aliphatic heterocycles.